The highest BCUT2D eigenvalue weighted by Gasteiger charge is 2.21. The summed E-state index contributed by atoms with van der Waals surface area (Å²) in [5, 5.41) is 4.53. The van der Waals surface area contributed by atoms with Crippen LogP contribution >= 0.6 is 11.3 Å². The Balaban J connectivity index is 1.37. The first-order valence-electron chi connectivity index (χ1n) is 9.79. The number of ether oxygens (including phenoxy) is 2. The van der Waals surface area contributed by atoms with Crippen LogP contribution in [-0.4, -0.2) is 38.3 Å². The van der Waals surface area contributed by atoms with E-state index in [1.54, 1.807) is 12.7 Å². The zero-order valence-corrected chi connectivity index (χ0v) is 16.8. The molecule has 0 aliphatic carbocycles. The van der Waals surface area contributed by atoms with E-state index in [9.17, 15) is 0 Å². The van der Waals surface area contributed by atoms with Gasteiger partial charge < -0.3 is 14.4 Å². The van der Waals surface area contributed by atoms with Crippen LogP contribution in [0.15, 0.2) is 41.1 Å². The van der Waals surface area contributed by atoms with Gasteiger partial charge in [-0.05, 0) is 97.4 Å². The Bertz CT molecular complexity index is 618. The van der Waals surface area contributed by atoms with Crippen molar-refractivity contribution in [3.63, 3.8) is 0 Å². The highest BCUT2D eigenvalue weighted by Crippen LogP contribution is 2.29. The Morgan fingerprint density at radius 1 is 1.12 bits per heavy atom. The van der Waals surface area contributed by atoms with Gasteiger partial charge in [0.05, 0.1) is 13.7 Å². The Hall–Kier alpha value is -1.52. The molecule has 0 saturated carbocycles. The van der Waals surface area contributed by atoms with Crippen molar-refractivity contribution in [1.82, 2.24) is 4.90 Å². The molecule has 1 aromatic carbocycles. The van der Waals surface area contributed by atoms with Crippen molar-refractivity contribution >= 4 is 11.3 Å². The van der Waals surface area contributed by atoms with Crippen molar-refractivity contribution in [2.75, 3.05) is 33.4 Å². The van der Waals surface area contributed by atoms with Gasteiger partial charge in [0.15, 0.2) is 0 Å². The minimum Gasteiger partial charge on any atom is -0.497 e. The van der Waals surface area contributed by atoms with Gasteiger partial charge in [-0.1, -0.05) is 13.3 Å². The first-order valence-corrected chi connectivity index (χ1v) is 10.7. The first kappa shape index (κ1) is 19.2. The largest absolute Gasteiger partial charge is 0.497 e. The quantitative estimate of drug-likeness (QED) is 0.585. The van der Waals surface area contributed by atoms with Gasteiger partial charge >= 0.3 is 0 Å². The average Bonchev–Trinajstić information content (AvgIpc) is 3.24. The molecule has 1 aromatic heterocycles. The van der Waals surface area contributed by atoms with E-state index in [-0.39, 0.29) is 0 Å². The monoisotopic (exact) mass is 373 g/mol. The van der Waals surface area contributed by atoms with E-state index >= 15 is 0 Å². The summed E-state index contributed by atoms with van der Waals surface area (Å²) in [5.74, 6) is 3.20. The van der Waals surface area contributed by atoms with Gasteiger partial charge in [-0.25, -0.2) is 0 Å². The number of rotatable bonds is 9. The second-order valence-corrected chi connectivity index (χ2v) is 8.00. The molecule has 4 heteroatoms. The van der Waals surface area contributed by atoms with E-state index in [0.29, 0.717) is 5.92 Å². The summed E-state index contributed by atoms with van der Waals surface area (Å²) in [5.41, 5.74) is 1.55. The Labute approximate surface area is 161 Å². The van der Waals surface area contributed by atoms with Crippen LogP contribution in [0.25, 0.3) is 0 Å². The summed E-state index contributed by atoms with van der Waals surface area (Å²) in [6.45, 7) is 6.73. The molecule has 1 atom stereocenters. The second kappa shape index (κ2) is 9.98. The molecule has 0 N–H and O–H groups in total. The number of nitrogens with zero attached hydrogens (tertiary/aromatic N) is 1. The number of hydrogen-bond acceptors (Lipinski definition) is 4. The number of thiophene rings is 1. The maximum Gasteiger partial charge on any atom is 0.119 e. The van der Waals surface area contributed by atoms with Gasteiger partial charge in [-0.15, -0.1) is 0 Å². The maximum absolute atomic E-state index is 5.99. The van der Waals surface area contributed by atoms with Crippen molar-refractivity contribution in [2.24, 2.45) is 5.92 Å². The highest BCUT2D eigenvalue weighted by molar-refractivity contribution is 7.07. The fourth-order valence-electron chi connectivity index (χ4n) is 3.65. The van der Waals surface area contributed by atoms with Crippen molar-refractivity contribution in [2.45, 2.75) is 38.5 Å². The van der Waals surface area contributed by atoms with Crippen molar-refractivity contribution in [1.29, 1.82) is 0 Å². The molecule has 0 bridgehead atoms. The highest BCUT2D eigenvalue weighted by atomic mass is 32.1. The molecular formula is C22H31NO2S. The van der Waals surface area contributed by atoms with Crippen LogP contribution < -0.4 is 9.47 Å². The molecular weight excluding hydrogens is 342 g/mol. The fraction of sp³-hybridized carbons (Fsp3) is 0.545. The number of likely N-dealkylation sites (tertiary alicyclic amines) is 1. The Kier molecular flexibility index (Phi) is 7.39. The molecule has 1 unspecified atom stereocenters. The molecule has 0 spiro atoms. The van der Waals surface area contributed by atoms with E-state index in [0.717, 1.165) is 24.0 Å². The minimum atomic E-state index is 0.617. The number of piperidine rings is 1. The van der Waals surface area contributed by atoms with E-state index in [1.165, 1.54) is 45.3 Å². The van der Waals surface area contributed by atoms with E-state index in [1.807, 2.05) is 35.6 Å². The average molecular weight is 374 g/mol. The van der Waals surface area contributed by atoms with E-state index in [2.05, 4.69) is 28.7 Å². The fourth-order valence-corrected chi connectivity index (χ4v) is 4.40. The maximum atomic E-state index is 5.99. The normalized spacial score (nSPS) is 17.2. The lowest BCUT2D eigenvalue weighted by atomic mass is 9.91. The standard InChI is InChI=1S/C22H31NO2S/c1-3-18(16-25-22-6-4-21(24-2)5-7-22)8-12-23-13-9-19(10-14-23)20-11-15-26-17-20/h4-7,11,15,17-19H,3,8-10,12-14,16H2,1-2H3. The lowest BCUT2D eigenvalue weighted by Crippen LogP contribution is -2.34. The predicted molar refractivity (Wildman–Crippen MR) is 110 cm³/mol. The number of hydrogen-bond donors (Lipinski definition) is 0. The molecule has 26 heavy (non-hydrogen) atoms. The molecule has 1 saturated heterocycles. The molecule has 2 aromatic rings. The summed E-state index contributed by atoms with van der Waals surface area (Å²) < 4.78 is 11.2. The molecule has 3 nitrogen and oxygen atoms in total. The Morgan fingerprint density at radius 3 is 2.46 bits per heavy atom. The van der Waals surface area contributed by atoms with Gasteiger partial charge in [0.1, 0.15) is 11.5 Å². The molecule has 2 heterocycles. The zero-order chi connectivity index (χ0) is 18.2. The summed E-state index contributed by atoms with van der Waals surface area (Å²) in [4.78, 5) is 2.64. The molecule has 1 aliphatic rings. The predicted octanol–water partition coefficient (Wildman–Crippen LogP) is 5.43. The molecule has 0 amide bonds. The van der Waals surface area contributed by atoms with Crippen molar-refractivity contribution in [3.05, 3.63) is 46.7 Å². The van der Waals surface area contributed by atoms with Gasteiger partial charge in [-0.2, -0.15) is 11.3 Å². The zero-order valence-electron chi connectivity index (χ0n) is 16.0. The van der Waals surface area contributed by atoms with Gasteiger partial charge in [0.25, 0.3) is 0 Å². The van der Waals surface area contributed by atoms with Crippen molar-refractivity contribution in [3.8, 4) is 11.5 Å². The molecule has 142 valence electrons. The van der Waals surface area contributed by atoms with Crippen molar-refractivity contribution < 1.29 is 9.47 Å². The SMILES string of the molecule is CCC(CCN1CCC(c2ccsc2)CC1)COc1ccc(OC)cc1. The third-order valence-electron chi connectivity index (χ3n) is 5.58. The third-order valence-corrected chi connectivity index (χ3v) is 6.28. The summed E-state index contributed by atoms with van der Waals surface area (Å²) in [6.07, 6.45) is 4.99. The summed E-state index contributed by atoms with van der Waals surface area (Å²) in [7, 11) is 1.69. The minimum absolute atomic E-state index is 0.617. The van der Waals surface area contributed by atoms with Crippen LogP contribution in [0.1, 0.15) is 44.1 Å². The van der Waals surface area contributed by atoms with Gasteiger partial charge in [0.2, 0.25) is 0 Å². The Morgan fingerprint density at radius 2 is 1.85 bits per heavy atom. The topological polar surface area (TPSA) is 21.7 Å². The first-order chi connectivity index (χ1) is 12.8. The van der Waals surface area contributed by atoms with Crippen LogP contribution in [0.5, 0.6) is 11.5 Å². The summed E-state index contributed by atoms with van der Waals surface area (Å²) >= 11 is 1.82. The second-order valence-electron chi connectivity index (χ2n) is 7.22. The van der Waals surface area contributed by atoms with Crippen LogP contribution in [0.2, 0.25) is 0 Å². The van der Waals surface area contributed by atoms with Gasteiger partial charge in [0, 0.05) is 0 Å². The number of benzene rings is 1. The van der Waals surface area contributed by atoms with Crippen LogP contribution in [0, 0.1) is 5.92 Å². The lowest BCUT2D eigenvalue weighted by molar-refractivity contribution is 0.175. The van der Waals surface area contributed by atoms with E-state index in [4.69, 9.17) is 9.47 Å². The smallest absolute Gasteiger partial charge is 0.119 e. The van der Waals surface area contributed by atoms with Gasteiger partial charge in [-0.3, -0.25) is 0 Å². The van der Waals surface area contributed by atoms with Crippen LogP contribution in [-0.2, 0) is 0 Å². The molecule has 3 rings (SSSR count). The summed E-state index contributed by atoms with van der Waals surface area (Å²) in [6, 6.07) is 10.2. The van der Waals surface area contributed by atoms with Crippen LogP contribution in [0.3, 0.4) is 0 Å². The molecule has 1 aliphatic heterocycles. The molecule has 0 radical (unpaired) electrons. The molecule has 1 fully saturated rings. The number of methoxy groups -OCH3 is 1. The van der Waals surface area contributed by atoms with Crippen LogP contribution in [0.4, 0.5) is 0 Å². The lowest BCUT2D eigenvalue weighted by Gasteiger charge is -2.32. The van der Waals surface area contributed by atoms with E-state index < -0.39 is 0 Å². The third kappa shape index (κ3) is 5.49.